The number of nitrogens with zero attached hydrogens (tertiary/aromatic N) is 1. The molecule has 0 spiro atoms. The molecule has 1 aliphatic rings. The van der Waals surface area contributed by atoms with Gasteiger partial charge in [-0.2, -0.15) is 5.06 Å². The maximum Gasteiger partial charge on any atom is 0.363 e. The van der Waals surface area contributed by atoms with E-state index in [2.05, 4.69) is 15.9 Å². The van der Waals surface area contributed by atoms with Crippen molar-refractivity contribution in [2.24, 2.45) is 5.92 Å². The van der Waals surface area contributed by atoms with Crippen molar-refractivity contribution in [2.75, 3.05) is 6.61 Å². The van der Waals surface area contributed by atoms with Gasteiger partial charge in [-0.3, -0.25) is 4.79 Å². The first kappa shape index (κ1) is 19.8. The molecule has 1 aliphatic carbocycles. The Morgan fingerprint density at radius 3 is 2.52 bits per heavy atom. The van der Waals surface area contributed by atoms with Crippen LogP contribution in [0.15, 0.2) is 22.7 Å². The Balaban J connectivity index is 2.12. The molecule has 0 radical (unpaired) electrons. The molecule has 1 saturated carbocycles. The zero-order valence-corrected chi connectivity index (χ0v) is 16.7. The van der Waals surface area contributed by atoms with Gasteiger partial charge in [-0.05, 0) is 67.7 Å². The van der Waals surface area contributed by atoms with E-state index in [1.54, 1.807) is 18.2 Å². The van der Waals surface area contributed by atoms with Crippen molar-refractivity contribution in [1.82, 2.24) is 5.06 Å². The fourth-order valence-electron chi connectivity index (χ4n) is 2.97. The smallest absolute Gasteiger partial charge is 0.363 e. The molecule has 1 fully saturated rings. The third-order valence-electron chi connectivity index (χ3n) is 4.29. The minimum absolute atomic E-state index is 0.0483. The molecule has 5 nitrogen and oxygen atoms in total. The Hall–Kier alpha value is -1.56. The normalized spacial score (nSPS) is 15.1. The van der Waals surface area contributed by atoms with Crippen molar-refractivity contribution in [3.63, 3.8) is 0 Å². The summed E-state index contributed by atoms with van der Waals surface area (Å²) in [6.07, 6.45) is 5.02. The van der Waals surface area contributed by atoms with E-state index < -0.39 is 5.97 Å². The molecule has 0 atom stereocenters. The van der Waals surface area contributed by atoms with Crippen LogP contribution in [0.2, 0.25) is 0 Å². The Labute approximate surface area is 157 Å². The maximum absolute atomic E-state index is 12.7. The third kappa shape index (κ3) is 5.21. The second kappa shape index (κ2) is 9.22. The van der Waals surface area contributed by atoms with E-state index in [1.807, 2.05) is 20.8 Å². The molecule has 6 heteroatoms. The summed E-state index contributed by atoms with van der Waals surface area (Å²) in [5.74, 6) is -0.115. The predicted molar refractivity (Wildman–Crippen MR) is 99.3 cm³/mol. The van der Waals surface area contributed by atoms with Crippen molar-refractivity contribution in [2.45, 2.75) is 58.9 Å². The number of hydrogen-bond donors (Lipinski definition) is 0. The third-order valence-corrected chi connectivity index (χ3v) is 4.94. The highest BCUT2D eigenvalue weighted by Crippen LogP contribution is 2.28. The Kier molecular flexibility index (Phi) is 7.29. The zero-order chi connectivity index (χ0) is 18.4. The second-order valence-electron chi connectivity index (χ2n) is 6.55. The van der Waals surface area contributed by atoms with Crippen molar-refractivity contribution >= 4 is 27.8 Å². The van der Waals surface area contributed by atoms with Crippen molar-refractivity contribution in [3.8, 4) is 5.75 Å². The predicted octanol–water partition coefficient (Wildman–Crippen LogP) is 4.74. The molecule has 1 amide bonds. The van der Waals surface area contributed by atoms with Crippen LogP contribution in [0.3, 0.4) is 0 Å². The van der Waals surface area contributed by atoms with E-state index in [-0.39, 0.29) is 17.9 Å². The minimum Gasteiger partial charge on any atom is -0.493 e. The molecule has 0 saturated heterocycles. The van der Waals surface area contributed by atoms with Crippen molar-refractivity contribution in [1.29, 1.82) is 0 Å². The van der Waals surface area contributed by atoms with Gasteiger partial charge in [-0.15, -0.1) is 0 Å². The number of amides is 1. The molecule has 0 aliphatic heterocycles. The van der Waals surface area contributed by atoms with Crippen LogP contribution in [0.5, 0.6) is 5.75 Å². The van der Waals surface area contributed by atoms with Gasteiger partial charge in [0, 0.05) is 5.92 Å². The number of ether oxygens (including phenoxy) is 1. The van der Waals surface area contributed by atoms with Gasteiger partial charge in [0.05, 0.1) is 22.7 Å². The summed E-state index contributed by atoms with van der Waals surface area (Å²) in [5.41, 5.74) is 0.355. The highest BCUT2D eigenvalue weighted by atomic mass is 79.9. The largest absolute Gasteiger partial charge is 0.493 e. The first-order chi connectivity index (χ1) is 11.9. The monoisotopic (exact) mass is 411 g/mol. The van der Waals surface area contributed by atoms with Gasteiger partial charge >= 0.3 is 5.97 Å². The molecular formula is C19H26BrNO4. The first-order valence-corrected chi connectivity index (χ1v) is 9.71. The zero-order valence-electron chi connectivity index (χ0n) is 15.1. The van der Waals surface area contributed by atoms with E-state index in [4.69, 9.17) is 9.57 Å². The van der Waals surface area contributed by atoms with Crippen LogP contribution in [0, 0.1) is 5.92 Å². The Morgan fingerprint density at radius 1 is 1.24 bits per heavy atom. The van der Waals surface area contributed by atoms with Crippen molar-refractivity contribution < 1.29 is 19.2 Å². The number of hydroxylamine groups is 2. The van der Waals surface area contributed by atoms with Gasteiger partial charge in [0.2, 0.25) is 0 Å². The molecule has 0 bridgehead atoms. The number of carbonyl (C=O) groups is 2. The summed E-state index contributed by atoms with van der Waals surface area (Å²) >= 11 is 3.39. The molecular weight excluding hydrogens is 386 g/mol. The van der Waals surface area contributed by atoms with Crippen LogP contribution in [-0.2, 0) is 9.63 Å². The van der Waals surface area contributed by atoms with Crippen LogP contribution in [0.25, 0.3) is 0 Å². The molecule has 25 heavy (non-hydrogen) atoms. The minimum atomic E-state index is -0.550. The van der Waals surface area contributed by atoms with E-state index in [1.165, 1.54) is 11.5 Å². The van der Waals surface area contributed by atoms with Gasteiger partial charge in [-0.25, -0.2) is 4.79 Å². The Bertz CT molecular complexity index is 611. The fourth-order valence-corrected chi connectivity index (χ4v) is 3.33. The maximum atomic E-state index is 12.7. The lowest BCUT2D eigenvalue weighted by atomic mass is 9.88. The van der Waals surface area contributed by atoms with E-state index in [9.17, 15) is 9.59 Å². The summed E-state index contributed by atoms with van der Waals surface area (Å²) in [6, 6.07) is 4.81. The number of benzene rings is 1. The molecule has 1 aromatic carbocycles. The summed E-state index contributed by atoms with van der Waals surface area (Å²) in [4.78, 5) is 30.7. The quantitative estimate of drug-likeness (QED) is 0.656. The molecule has 0 aromatic heterocycles. The van der Waals surface area contributed by atoms with E-state index in [0.29, 0.717) is 17.9 Å². The second-order valence-corrected chi connectivity index (χ2v) is 7.40. The number of halogens is 1. The molecule has 0 unspecified atom stereocenters. The molecule has 0 N–H and O–H groups in total. The molecule has 138 valence electrons. The van der Waals surface area contributed by atoms with E-state index in [0.717, 1.165) is 30.2 Å². The average Bonchev–Trinajstić information content (AvgIpc) is 2.61. The lowest BCUT2D eigenvalue weighted by Crippen LogP contribution is -2.42. The van der Waals surface area contributed by atoms with Crippen LogP contribution < -0.4 is 4.74 Å². The number of hydrogen-bond acceptors (Lipinski definition) is 4. The average molecular weight is 412 g/mol. The van der Waals surface area contributed by atoms with Gasteiger partial charge in [0.15, 0.2) is 0 Å². The summed E-state index contributed by atoms with van der Waals surface area (Å²) < 4.78 is 6.26. The van der Waals surface area contributed by atoms with Crippen LogP contribution in [0.4, 0.5) is 0 Å². The summed E-state index contributed by atoms with van der Waals surface area (Å²) in [6.45, 7) is 6.07. The molecule has 0 heterocycles. The van der Waals surface area contributed by atoms with Gasteiger partial charge < -0.3 is 9.57 Å². The van der Waals surface area contributed by atoms with Crippen LogP contribution in [0.1, 0.15) is 63.2 Å². The van der Waals surface area contributed by atoms with Crippen LogP contribution >= 0.6 is 15.9 Å². The summed E-state index contributed by atoms with van der Waals surface area (Å²) in [5, 5.41) is 1.24. The van der Waals surface area contributed by atoms with Crippen LogP contribution in [-0.4, -0.2) is 29.6 Å². The SMILES string of the molecule is CCOc1cc(C(=O)ON(C(=O)C2CCCCC2)C(C)C)ccc1Br. The fraction of sp³-hybridized carbons (Fsp3) is 0.579. The topological polar surface area (TPSA) is 55.8 Å². The molecule has 1 aromatic rings. The number of carbonyl (C=O) groups excluding carboxylic acids is 2. The lowest BCUT2D eigenvalue weighted by molar-refractivity contribution is -0.180. The van der Waals surface area contributed by atoms with Crippen molar-refractivity contribution in [3.05, 3.63) is 28.2 Å². The molecule has 2 rings (SSSR count). The van der Waals surface area contributed by atoms with Gasteiger partial charge in [0.1, 0.15) is 5.75 Å². The Morgan fingerprint density at radius 2 is 1.92 bits per heavy atom. The lowest BCUT2D eigenvalue weighted by Gasteiger charge is -2.30. The highest BCUT2D eigenvalue weighted by molar-refractivity contribution is 9.10. The standard InChI is InChI=1S/C19H26BrNO4/c1-4-24-17-12-15(10-11-16(17)20)19(23)25-21(13(2)3)18(22)14-8-6-5-7-9-14/h10-14H,4-9H2,1-3H3. The summed E-state index contributed by atoms with van der Waals surface area (Å²) in [7, 11) is 0. The highest BCUT2D eigenvalue weighted by Gasteiger charge is 2.30. The van der Waals surface area contributed by atoms with Gasteiger partial charge in [-0.1, -0.05) is 19.3 Å². The first-order valence-electron chi connectivity index (χ1n) is 8.91. The van der Waals surface area contributed by atoms with Gasteiger partial charge in [0.25, 0.3) is 5.91 Å². The van der Waals surface area contributed by atoms with E-state index >= 15 is 0 Å². The number of rotatable bonds is 5.